The Bertz CT molecular complexity index is 696. The van der Waals surface area contributed by atoms with E-state index in [-0.39, 0.29) is 22.7 Å². The molecule has 0 spiro atoms. The van der Waals surface area contributed by atoms with Crippen LogP contribution in [0.2, 0.25) is 0 Å². The molecule has 2 N–H and O–H groups in total. The van der Waals surface area contributed by atoms with Crippen molar-refractivity contribution < 1.29 is 15.0 Å². The summed E-state index contributed by atoms with van der Waals surface area (Å²) < 4.78 is 0. The summed E-state index contributed by atoms with van der Waals surface area (Å²) in [6.45, 7) is 11.7. The molecule has 0 aromatic rings. The fourth-order valence-electron chi connectivity index (χ4n) is 8.71. The van der Waals surface area contributed by atoms with Crippen molar-refractivity contribution in [3.8, 4) is 0 Å². The van der Waals surface area contributed by atoms with Crippen molar-refractivity contribution in [1.29, 1.82) is 0 Å². The highest BCUT2D eigenvalue weighted by molar-refractivity contribution is 5.91. The standard InChI is InChI=1S/C27H44O3/c1-16(2)7-6-8-17(3)25-24(30)15-21-19-14-23(29)22-13-18(28)9-11-26(22,4)20(19)10-12-27(21,25)5/h13,16-17,19-21,23-25,29-30H,6-12,14-15H2,1-5H3/t17-,19-,20+,21+,23-,24+,25+,26-,27+/m1/s1. The van der Waals surface area contributed by atoms with Gasteiger partial charge in [-0.25, -0.2) is 0 Å². The van der Waals surface area contributed by atoms with E-state index in [1.165, 1.54) is 32.1 Å². The molecule has 0 radical (unpaired) electrons. The predicted molar refractivity (Wildman–Crippen MR) is 121 cm³/mol. The fraction of sp³-hybridized carbons (Fsp3) is 0.889. The van der Waals surface area contributed by atoms with Crippen LogP contribution >= 0.6 is 0 Å². The van der Waals surface area contributed by atoms with Crippen molar-refractivity contribution in [2.24, 2.45) is 46.3 Å². The van der Waals surface area contributed by atoms with Crippen molar-refractivity contribution in [1.82, 2.24) is 0 Å². The maximum Gasteiger partial charge on any atom is 0.155 e. The van der Waals surface area contributed by atoms with Gasteiger partial charge >= 0.3 is 0 Å². The molecule has 0 bridgehead atoms. The van der Waals surface area contributed by atoms with Crippen LogP contribution in [0.5, 0.6) is 0 Å². The van der Waals surface area contributed by atoms with Crippen molar-refractivity contribution in [3.05, 3.63) is 11.6 Å². The lowest BCUT2D eigenvalue weighted by molar-refractivity contribution is -0.120. The van der Waals surface area contributed by atoms with Crippen LogP contribution in [0.4, 0.5) is 0 Å². The molecule has 0 aromatic heterocycles. The molecule has 170 valence electrons. The summed E-state index contributed by atoms with van der Waals surface area (Å²) in [5.74, 6) is 3.37. The summed E-state index contributed by atoms with van der Waals surface area (Å²) in [5.41, 5.74) is 1.16. The first-order valence-corrected chi connectivity index (χ1v) is 12.7. The van der Waals surface area contributed by atoms with Gasteiger partial charge in [-0.3, -0.25) is 4.79 Å². The molecule has 4 aliphatic rings. The van der Waals surface area contributed by atoms with Gasteiger partial charge in [0, 0.05) is 6.42 Å². The number of rotatable bonds is 5. The zero-order valence-corrected chi connectivity index (χ0v) is 19.9. The van der Waals surface area contributed by atoms with Gasteiger partial charge in [0.1, 0.15) is 0 Å². The van der Waals surface area contributed by atoms with E-state index in [4.69, 9.17) is 0 Å². The van der Waals surface area contributed by atoms with E-state index < -0.39 is 6.10 Å². The zero-order valence-electron chi connectivity index (χ0n) is 19.9. The molecule has 0 unspecified atom stereocenters. The summed E-state index contributed by atoms with van der Waals surface area (Å²) in [4.78, 5) is 12.1. The molecule has 0 saturated heterocycles. The Morgan fingerprint density at radius 3 is 2.50 bits per heavy atom. The van der Waals surface area contributed by atoms with Crippen LogP contribution in [0.1, 0.15) is 92.4 Å². The molecule has 0 heterocycles. The Balaban J connectivity index is 1.57. The van der Waals surface area contributed by atoms with Gasteiger partial charge < -0.3 is 10.2 Å². The van der Waals surface area contributed by atoms with E-state index in [0.717, 1.165) is 30.8 Å². The third kappa shape index (κ3) is 3.52. The van der Waals surface area contributed by atoms with Crippen LogP contribution in [0.15, 0.2) is 11.6 Å². The average molecular weight is 417 g/mol. The van der Waals surface area contributed by atoms with E-state index in [1.807, 2.05) is 0 Å². The van der Waals surface area contributed by atoms with Gasteiger partial charge in [-0.15, -0.1) is 0 Å². The second-order valence-electron chi connectivity index (χ2n) is 12.3. The second kappa shape index (κ2) is 8.03. The number of hydrogen-bond donors (Lipinski definition) is 2. The first-order valence-electron chi connectivity index (χ1n) is 12.7. The van der Waals surface area contributed by atoms with Gasteiger partial charge in [0.15, 0.2) is 5.78 Å². The Hall–Kier alpha value is -0.670. The van der Waals surface area contributed by atoms with Crippen LogP contribution < -0.4 is 0 Å². The molecule has 0 aromatic carbocycles. The SMILES string of the molecule is CC(C)CCC[C@@H](C)[C@H]1[C@@H](O)C[C@H]2[C@@H]3C[C@@H](O)C4=CC(=O)CC[C@]4(C)[C@H]3CC[C@]12C. The van der Waals surface area contributed by atoms with Crippen LogP contribution in [0.25, 0.3) is 0 Å². The summed E-state index contributed by atoms with van der Waals surface area (Å²) in [6, 6.07) is 0. The topological polar surface area (TPSA) is 57.5 Å². The number of carbonyl (C=O) groups excluding carboxylic acids is 1. The number of aliphatic hydroxyl groups is 2. The first-order chi connectivity index (χ1) is 14.1. The van der Waals surface area contributed by atoms with Crippen molar-refractivity contribution in [3.63, 3.8) is 0 Å². The largest absolute Gasteiger partial charge is 0.393 e. The highest BCUT2D eigenvalue weighted by Gasteiger charge is 2.63. The van der Waals surface area contributed by atoms with E-state index >= 15 is 0 Å². The number of ketones is 1. The first kappa shape index (κ1) is 22.5. The Kier molecular flexibility index (Phi) is 6.03. The summed E-state index contributed by atoms with van der Waals surface area (Å²) in [5, 5.41) is 22.3. The van der Waals surface area contributed by atoms with E-state index in [0.29, 0.717) is 36.0 Å². The highest BCUT2D eigenvalue weighted by atomic mass is 16.3. The number of hydrogen-bond acceptors (Lipinski definition) is 3. The second-order valence-corrected chi connectivity index (χ2v) is 12.3. The summed E-state index contributed by atoms with van der Waals surface area (Å²) in [6.07, 6.45) is 10.4. The monoisotopic (exact) mass is 416 g/mol. The minimum Gasteiger partial charge on any atom is -0.393 e. The van der Waals surface area contributed by atoms with Crippen molar-refractivity contribution in [2.75, 3.05) is 0 Å². The third-order valence-corrected chi connectivity index (χ3v) is 10.1. The van der Waals surface area contributed by atoms with E-state index in [2.05, 4.69) is 34.6 Å². The van der Waals surface area contributed by atoms with Crippen LogP contribution in [-0.2, 0) is 4.79 Å². The van der Waals surface area contributed by atoms with Gasteiger partial charge in [0.25, 0.3) is 0 Å². The molecule has 9 atom stereocenters. The fourth-order valence-corrected chi connectivity index (χ4v) is 8.71. The molecule has 0 amide bonds. The smallest absolute Gasteiger partial charge is 0.155 e. The third-order valence-electron chi connectivity index (χ3n) is 10.1. The van der Waals surface area contributed by atoms with Gasteiger partial charge in [0.05, 0.1) is 12.2 Å². The predicted octanol–water partition coefficient (Wildman–Crippen LogP) is 5.54. The van der Waals surface area contributed by atoms with Crippen molar-refractivity contribution >= 4 is 5.78 Å². The van der Waals surface area contributed by atoms with Crippen molar-refractivity contribution in [2.45, 2.75) is 105 Å². The van der Waals surface area contributed by atoms with Gasteiger partial charge in [-0.2, -0.15) is 0 Å². The normalized spacial score (nSPS) is 46.8. The summed E-state index contributed by atoms with van der Waals surface area (Å²) in [7, 11) is 0. The molecule has 4 rings (SSSR count). The highest BCUT2D eigenvalue weighted by Crippen LogP contribution is 2.67. The van der Waals surface area contributed by atoms with Crippen LogP contribution in [0, 0.1) is 46.3 Å². The Morgan fingerprint density at radius 1 is 1.07 bits per heavy atom. The molecule has 30 heavy (non-hydrogen) atoms. The molecule has 3 heteroatoms. The average Bonchev–Trinajstić information content (AvgIpc) is 2.93. The Morgan fingerprint density at radius 2 is 1.80 bits per heavy atom. The molecule has 3 fully saturated rings. The van der Waals surface area contributed by atoms with Crippen LogP contribution in [0.3, 0.4) is 0 Å². The maximum absolute atomic E-state index is 12.1. The zero-order chi connectivity index (χ0) is 21.8. The quantitative estimate of drug-likeness (QED) is 0.619. The van der Waals surface area contributed by atoms with Crippen LogP contribution in [-0.4, -0.2) is 28.2 Å². The number of aliphatic hydroxyl groups excluding tert-OH is 2. The molecule has 3 saturated carbocycles. The molecular formula is C27H44O3. The van der Waals surface area contributed by atoms with Gasteiger partial charge in [-0.1, -0.05) is 53.9 Å². The molecular weight excluding hydrogens is 372 g/mol. The van der Waals surface area contributed by atoms with E-state index in [1.54, 1.807) is 6.08 Å². The summed E-state index contributed by atoms with van der Waals surface area (Å²) >= 11 is 0. The lowest BCUT2D eigenvalue weighted by Gasteiger charge is -2.59. The lowest BCUT2D eigenvalue weighted by Crippen LogP contribution is -2.54. The molecule has 4 aliphatic carbocycles. The molecule has 3 nitrogen and oxygen atoms in total. The minimum absolute atomic E-state index is 0.0382. The number of carbonyl (C=O) groups is 1. The van der Waals surface area contributed by atoms with E-state index in [9.17, 15) is 15.0 Å². The lowest BCUT2D eigenvalue weighted by atomic mass is 9.46. The molecule has 0 aliphatic heterocycles. The van der Waals surface area contributed by atoms with Gasteiger partial charge in [-0.05, 0) is 90.1 Å². The minimum atomic E-state index is -0.484. The Labute approximate surface area is 183 Å². The maximum atomic E-state index is 12.1. The van der Waals surface area contributed by atoms with Gasteiger partial charge in [0.2, 0.25) is 0 Å². The number of fused-ring (bicyclic) bond motifs is 5.